The summed E-state index contributed by atoms with van der Waals surface area (Å²) in [4.78, 5) is 0. The largest absolute Gasteiger partial charge is 0.383 e. The zero-order chi connectivity index (χ0) is 13.9. The fraction of sp³-hybridized carbons (Fsp3) is 0.125. The Morgan fingerprint density at radius 1 is 1.05 bits per heavy atom. The van der Waals surface area contributed by atoms with Crippen molar-refractivity contribution in [2.24, 2.45) is 0 Å². The van der Waals surface area contributed by atoms with Gasteiger partial charge in [-0.2, -0.15) is 0 Å². The number of hydrogen-bond donors (Lipinski definition) is 1. The molecule has 0 aliphatic rings. The molecule has 3 aromatic rings. The second kappa shape index (κ2) is 5.90. The van der Waals surface area contributed by atoms with Crippen molar-refractivity contribution in [3.05, 3.63) is 64.2 Å². The maximum atomic E-state index is 5.87. The van der Waals surface area contributed by atoms with Gasteiger partial charge in [0.05, 0.1) is 0 Å². The van der Waals surface area contributed by atoms with E-state index < -0.39 is 0 Å². The van der Waals surface area contributed by atoms with Crippen LogP contribution in [0.1, 0.15) is 0 Å². The van der Waals surface area contributed by atoms with Gasteiger partial charge in [-0.15, -0.1) is 0 Å². The van der Waals surface area contributed by atoms with Gasteiger partial charge in [0.1, 0.15) is 0 Å². The highest BCUT2D eigenvalue weighted by Gasteiger charge is 2.01. The van der Waals surface area contributed by atoms with Crippen molar-refractivity contribution in [2.45, 2.75) is 6.54 Å². The predicted octanol–water partition coefficient (Wildman–Crippen LogP) is 5.17. The summed E-state index contributed by atoms with van der Waals surface area (Å²) in [6.45, 7) is 1.80. The minimum absolute atomic E-state index is 0.762. The molecule has 0 unspecified atom stereocenters. The summed E-state index contributed by atoms with van der Waals surface area (Å²) in [6.07, 6.45) is 2.13. The fourth-order valence-electron chi connectivity index (χ4n) is 2.25. The number of nitrogens with one attached hydrogen (secondary N) is 1. The van der Waals surface area contributed by atoms with Gasteiger partial charge in [-0.25, -0.2) is 0 Å². The Hall–Kier alpha value is -1.45. The van der Waals surface area contributed by atoms with Crippen LogP contribution in [0.4, 0.5) is 5.69 Å². The van der Waals surface area contributed by atoms with E-state index in [0.29, 0.717) is 0 Å². The molecular weight excluding hydrogens is 336 g/mol. The molecular formula is C16H14BrClN2. The van der Waals surface area contributed by atoms with Crippen molar-refractivity contribution < 1.29 is 0 Å². The lowest BCUT2D eigenvalue weighted by Gasteiger charge is -2.08. The first-order valence-electron chi connectivity index (χ1n) is 6.46. The summed E-state index contributed by atoms with van der Waals surface area (Å²) in [5.41, 5.74) is 2.35. The van der Waals surface area contributed by atoms with E-state index in [-0.39, 0.29) is 0 Å². The highest BCUT2D eigenvalue weighted by atomic mass is 79.9. The predicted molar refractivity (Wildman–Crippen MR) is 89.6 cm³/mol. The third kappa shape index (κ3) is 3.00. The number of anilines is 1. The van der Waals surface area contributed by atoms with Crippen LogP contribution in [0.2, 0.25) is 5.02 Å². The van der Waals surface area contributed by atoms with E-state index in [9.17, 15) is 0 Å². The van der Waals surface area contributed by atoms with Crippen molar-refractivity contribution in [1.82, 2.24) is 4.57 Å². The normalized spacial score (nSPS) is 10.9. The number of aromatic nitrogens is 1. The molecule has 1 N–H and O–H groups in total. The molecule has 102 valence electrons. The summed E-state index contributed by atoms with van der Waals surface area (Å²) < 4.78 is 3.37. The number of hydrogen-bond acceptors (Lipinski definition) is 1. The van der Waals surface area contributed by atoms with E-state index in [4.69, 9.17) is 11.6 Å². The second-order valence-corrected chi connectivity index (χ2v) is 6.00. The van der Waals surface area contributed by atoms with Gasteiger partial charge in [0.15, 0.2) is 0 Å². The Labute approximate surface area is 131 Å². The molecule has 0 radical (unpaired) electrons. The molecule has 0 atom stereocenters. The minimum Gasteiger partial charge on any atom is -0.383 e. The topological polar surface area (TPSA) is 17.0 Å². The maximum absolute atomic E-state index is 5.87. The number of halogens is 2. The van der Waals surface area contributed by atoms with E-state index >= 15 is 0 Å². The molecule has 0 fully saturated rings. The lowest BCUT2D eigenvalue weighted by atomic mass is 10.2. The van der Waals surface area contributed by atoms with Crippen molar-refractivity contribution in [1.29, 1.82) is 0 Å². The Bertz CT molecular complexity index is 719. The Balaban J connectivity index is 1.66. The highest BCUT2D eigenvalue weighted by Crippen LogP contribution is 2.21. The van der Waals surface area contributed by atoms with Crippen LogP contribution in [0, 0.1) is 0 Å². The summed E-state index contributed by atoms with van der Waals surface area (Å²) in [7, 11) is 0. The molecule has 0 saturated carbocycles. The molecule has 1 aromatic heterocycles. The Kier molecular flexibility index (Phi) is 3.99. The minimum atomic E-state index is 0.762. The van der Waals surface area contributed by atoms with Crippen LogP contribution in [0.25, 0.3) is 10.9 Å². The molecule has 3 rings (SSSR count). The van der Waals surface area contributed by atoms with Gasteiger partial charge in [-0.3, -0.25) is 0 Å². The smallest absolute Gasteiger partial charge is 0.0481 e. The zero-order valence-corrected chi connectivity index (χ0v) is 13.2. The van der Waals surface area contributed by atoms with E-state index in [2.05, 4.69) is 56.3 Å². The number of nitrogens with zero attached hydrogens (tertiary/aromatic N) is 1. The van der Waals surface area contributed by atoms with E-state index in [1.54, 1.807) is 0 Å². The highest BCUT2D eigenvalue weighted by molar-refractivity contribution is 9.10. The van der Waals surface area contributed by atoms with Gasteiger partial charge in [0, 0.05) is 45.4 Å². The van der Waals surface area contributed by atoms with E-state index in [1.165, 1.54) is 10.9 Å². The standard InChI is InChI=1S/C16H14BrClN2/c17-13-1-6-16-12(11-13)7-9-20(16)10-8-19-15-4-2-14(18)3-5-15/h1-7,9,11,19H,8,10H2. The fourth-order valence-corrected chi connectivity index (χ4v) is 2.76. The first-order chi connectivity index (χ1) is 9.72. The van der Waals surface area contributed by atoms with E-state index in [1.807, 2.05) is 24.3 Å². The summed E-state index contributed by atoms with van der Waals surface area (Å²) in [6, 6.07) is 16.3. The number of benzene rings is 2. The van der Waals surface area contributed by atoms with Gasteiger partial charge in [0.2, 0.25) is 0 Å². The van der Waals surface area contributed by atoms with Gasteiger partial charge in [-0.05, 0) is 48.5 Å². The monoisotopic (exact) mass is 348 g/mol. The molecule has 0 bridgehead atoms. The van der Waals surface area contributed by atoms with Crippen LogP contribution < -0.4 is 5.32 Å². The van der Waals surface area contributed by atoms with Crippen LogP contribution in [0.5, 0.6) is 0 Å². The molecule has 0 spiro atoms. The van der Waals surface area contributed by atoms with Crippen LogP contribution in [-0.2, 0) is 6.54 Å². The van der Waals surface area contributed by atoms with Crippen molar-refractivity contribution in [2.75, 3.05) is 11.9 Å². The van der Waals surface area contributed by atoms with Crippen molar-refractivity contribution in [3.8, 4) is 0 Å². The third-order valence-electron chi connectivity index (χ3n) is 3.26. The summed E-state index contributed by atoms with van der Waals surface area (Å²) in [5.74, 6) is 0. The van der Waals surface area contributed by atoms with Gasteiger partial charge < -0.3 is 9.88 Å². The van der Waals surface area contributed by atoms with Gasteiger partial charge in [0.25, 0.3) is 0 Å². The average molecular weight is 350 g/mol. The lowest BCUT2D eigenvalue weighted by molar-refractivity contribution is 0.757. The van der Waals surface area contributed by atoms with E-state index in [0.717, 1.165) is 28.3 Å². The first-order valence-corrected chi connectivity index (χ1v) is 7.63. The molecule has 0 aliphatic heterocycles. The number of rotatable bonds is 4. The van der Waals surface area contributed by atoms with Crippen LogP contribution in [0.15, 0.2) is 59.2 Å². The van der Waals surface area contributed by atoms with Crippen molar-refractivity contribution in [3.63, 3.8) is 0 Å². The molecule has 4 heteroatoms. The lowest BCUT2D eigenvalue weighted by Crippen LogP contribution is -2.09. The summed E-state index contributed by atoms with van der Waals surface area (Å²) >= 11 is 9.37. The summed E-state index contributed by atoms with van der Waals surface area (Å²) in [5, 5.41) is 5.41. The van der Waals surface area contributed by atoms with Gasteiger partial charge >= 0.3 is 0 Å². The number of fused-ring (bicyclic) bond motifs is 1. The molecule has 1 heterocycles. The molecule has 2 nitrogen and oxygen atoms in total. The van der Waals surface area contributed by atoms with Gasteiger partial charge in [-0.1, -0.05) is 27.5 Å². The van der Waals surface area contributed by atoms with Crippen molar-refractivity contribution >= 4 is 44.1 Å². The Morgan fingerprint density at radius 2 is 1.85 bits per heavy atom. The van der Waals surface area contributed by atoms with Crippen LogP contribution >= 0.6 is 27.5 Å². The first kappa shape index (κ1) is 13.5. The Morgan fingerprint density at radius 3 is 2.65 bits per heavy atom. The maximum Gasteiger partial charge on any atom is 0.0481 e. The third-order valence-corrected chi connectivity index (χ3v) is 4.00. The molecule has 2 aromatic carbocycles. The molecule has 0 aliphatic carbocycles. The van der Waals surface area contributed by atoms with Crippen LogP contribution in [0.3, 0.4) is 0 Å². The SMILES string of the molecule is Clc1ccc(NCCn2ccc3cc(Br)ccc32)cc1. The second-order valence-electron chi connectivity index (χ2n) is 4.65. The quantitative estimate of drug-likeness (QED) is 0.687. The molecule has 20 heavy (non-hydrogen) atoms. The van der Waals surface area contributed by atoms with Crippen LogP contribution in [-0.4, -0.2) is 11.1 Å². The molecule has 0 saturated heterocycles. The molecule has 0 amide bonds. The zero-order valence-electron chi connectivity index (χ0n) is 10.8. The average Bonchev–Trinajstić information content (AvgIpc) is 2.83.